The fourth-order valence-corrected chi connectivity index (χ4v) is 2.83. The van der Waals surface area contributed by atoms with Crippen LogP contribution >= 0.6 is 0 Å². The summed E-state index contributed by atoms with van der Waals surface area (Å²) in [5.41, 5.74) is 0.915. The fraction of sp³-hybridized carbons (Fsp3) is 0.667. The van der Waals surface area contributed by atoms with E-state index in [1.165, 1.54) is 11.1 Å². The van der Waals surface area contributed by atoms with Crippen molar-refractivity contribution in [3.8, 4) is 0 Å². The number of anilines is 1. The molecule has 1 aliphatic carbocycles. The Hall–Kier alpha value is -1.85. The summed E-state index contributed by atoms with van der Waals surface area (Å²) in [6.07, 6.45) is 5.21. The van der Waals surface area contributed by atoms with E-state index in [0.29, 0.717) is 23.7 Å². The SMILES string of the molecule is CCOC(=O)c1c(C)nn(C)c1NC(=O)C1CCCCC1. The van der Waals surface area contributed by atoms with Crippen LogP contribution in [0.1, 0.15) is 55.1 Å². The quantitative estimate of drug-likeness (QED) is 0.865. The van der Waals surface area contributed by atoms with Crippen molar-refractivity contribution in [1.82, 2.24) is 9.78 Å². The number of aromatic nitrogens is 2. The van der Waals surface area contributed by atoms with Crippen LogP contribution in [0.3, 0.4) is 0 Å². The molecule has 1 N–H and O–H groups in total. The smallest absolute Gasteiger partial charge is 0.343 e. The highest BCUT2D eigenvalue weighted by atomic mass is 16.5. The first-order chi connectivity index (χ1) is 10.0. The number of rotatable bonds is 4. The predicted octanol–water partition coefficient (Wildman–Crippen LogP) is 2.42. The lowest BCUT2D eigenvalue weighted by molar-refractivity contribution is -0.120. The molecule has 0 spiro atoms. The van der Waals surface area contributed by atoms with Crippen LogP contribution in [0, 0.1) is 12.8 Å². The van der Waals surface area contributed by atoms with Gasteiger partial charge in [0.15, 0.2) is 0 Å². The molecule has 1 aliphatic rings. The molecular weight excluding hydrogens is 270 g/mol. The molecule has 1 aromatic rings. The number of esters is 1. The van der Waals surface area contributed by atoms with E-state index in [-0.39, 0.29) is 11.8 Å². The lowest BCUT2D eigenvalue weighted by Crippen LogP contribution is -2.26. The van der Waals surface area contributed by atoms with Crippen molar-refractivity contribution in [2.75, 3.05) is 11.9 Å². The molecule has 6 heteroatoms. The molecule has 1 amide bonds. The number of amides is 1. The molecule has 2 rings (SSSR count). The van der Waals surface area contributed by atoms with E-state index in [4.69, 9.17) is 4.74 Å². The standard InChI is InChI=1S/C15H23N3O3/c1-4-21-15(20)12-10(2)17-18(3)13(12)16-14(19)11-8-6-5-7-9-11/h11H,4-9H2,1-3H3,(H,16,19). The van der Waals surface area contributed by atoms with Gasteiger partial charge in [0.25, 0.3) is 0 Å². The first-order valence-electron chi connectivity index (χ1n) is 7.56. The second kappa shape index (κ2) is 6.74. The Morgan fingerprint density at radius 3 is 2.62 bits per heavy atom. The largest absolute Gasteiger partial charge is 0.462 e. The Morgan fingerprint density at radius 2 is 2.00 bits per heavy atom. The molecule has 0 bridgehead atoms. The maximum Gasteiger partial charge on any atom is 0.343 e. The van der Waals surface area contributed by atoms with Gasteiger partial charge in [0.1, 0.15) is 11.4 Å². The molecule has 0 atom stereocenters. The van der Waals surface area contributed by atoms with E-state index < -0.39 is 5.97 Å². The number of hydrogen-bond donors (Lipinski definition) is 1. The van der Waals surface area contributed by atoms with Gasteiger partial charge in [0, 0.05) is 13.0 Å². The Kier molecular flexibility index (Phi) is 4.98. The van der Waals surface area contributed by atoms with Crippen LogP contribution in [0.2, 0.25) is 0 Å². The molecule has 0 saturated heterocycles. The average Bonchev–Trinajstić information content (AvgIpc) is 2.74. The Labute approximate surface area is 124 Å². The molecule has 21 heavy (non-hydrogen) atoms. The van der Waals surface area contributed by atoms with Gasteiger partial charge in [-0.15, -0.1) is 0 Å². The molecular formula is C15H23N3O3. The highest BCUT2D eigenvalue weighted by Crippen LogP contribution is 2.26. The Morgan fingerprint density at radius 1 is 1.33 bits per heavy atom. The summed E-state index contributed by atoms with van der Waals surface area (Å²) in [7, 11) is 1.71. The minimum Gasteiger partial charge on any atom is -0.462 e. The zero-order chi connectivity index (χ0) is 15.4. The number of aryl methyl sites for hydroxylation is 2. The maximum absolute atomic E-state index is 12.4. The van der Waals surface area contributed by atoms with Gasteiger partial charge in [-0.3, -0.25) is 9.48 Å². The zero-order valence-corrected chi connectivity index (χ0v) is 12.9. The molecule has 0 radical (unpaired) electrons. The summed E-state index contributed by atoms with van der Waals surface area (Å²) in [5, 5.41) is 7.08. The van der Waals surface area contributed by atoms with Gasteiger partial charge in [-0.25, -0.2) is 4.79 Å². The predicted molar refractivity (Wildman–Crippen MR) is 79.1 cm³/mol. The minimum atomic E-state index is -0.443. The maximum atomic E-state index is 12.4. The third-order valence-electron chi connectivity index (χ3n) is 3.92. The first kappa shape index (κ1) is 15.5. The second-order valence-corrected chi connectivity index (χ2v) is 5.48. The van der Waals surface area contributed by atoms with E-state index in [2.05, 4.69) is 10.4 Å². The number of nitrogens with one attached hydrogen (secondary N) is 1. The third-order valence-corrected chi connectivity index (χ3v) is 3.92. The summed E-state index contributed by atoms with van der Waals surface area (Å²) in [5.74, 6) is -0.00387. The third kappa shape index (κ3) is 3.43. The number of hydrogen-bond acceptors (Lipinski definition) is 4. The highest BCUT2D eigenvalue weighted by Gasteiger charge is 2.26. The molecule has 6 nitrogen and oxygen atoms in total. The van der Waals surface area contributed by atoms with Crippen molar-refractivity contribution in [3.63, 3.8) is 0 Å². The fourth-order valence-electron chi connectivity index (χ4n) is 2.83. The lowest BCUT2D eigenvalue weighted by Gasteiger charge is -2.21. The van der Waals surface area contributed by atoms with E-state index in [1.807, 2.05) is 0 Å². The summed E-state index contributed by atoms with van der Waals surface area (Å²) in [6, 6.07) is 0. The summed E-state index contributed by atoms with van der Waals surface area (Å²) < 4.78 is 6.58. The summed E-state index contributed by atoms with van der Waals surface area (Å²) >= 11 is 0. The molecule has 116 valence electrons. The van der Waals surface area contributed by atoms with E-state index in [0.717, 1.165) is 25.7 Å². The number of nitrogens with zero attached hydrogens (tertiary/aromatic N) is 2. The first-order valence-corrected chi connectivity index (χ1v) is 7.56. The molecule has 0 unspecified atom stereocenters. The monoisotopic (exact) mass is 293 g/mol. The Balaban J connectivity index is 2.18. The molecule has 1 heterocycles. The highest BCUT2D eigenvalue weighted by molar-refractivity contribution is 6.01. The van der Waals surface area contributed by atoms with Crippen LogP contribution in [-0.4, -0.2) is 28.3 Å². The number of carbonyl (C=O) groups excluding carboxylic acids is 2. The van der Waals surface area contributed by atoms with Gasteiger partial charge >= 0.3 is 5.97 Å². The van der Waals surface area contributed by atoms with E-state index in [1.54, 1.807) is 20.9 Å². The van der Waals surface area contributed by atoms with Crippen molar-refractivity contribution >= 4 is 17.7 Å². The van der Waals surface area contributed by atoms with Crippen LogP contribution in [0.5, 0.6) is 0 Å². The summed E-state index contributed by atoms with van der Waals surface area (Å²) in [4.78, 5) is 24.4. The topological polar surface area (TPSA) is 73.2 Å². The van der Waals surface area contributed by atoms with Crippen molar-refractivity contribution < 1.29 is 14.3 Å². The summed E-state index contributed by atoms with van der Waals surface area (Å²) in [6.45, 7) is 3.79. The number of ether oxygens (including phenoxy) is 1. The van der Waals surface area contributed by atoms with Gasteiger partial charge in [0.05, 0.1) is 12.3 Å². The van der Waals surface area contributed by atoms with Crippen molar-refractivity contribution in [3.05, 3.63) is 11.3 Å². The van der Waals surface area contributed by atoms with Crippen LogP contribution in [0.25, 0.3) is 0 Å². The van der Waals surface area contributed by atoms with Crippen LogP contribution < -0.4 is 5.32 Å². The van der Waals surface area contributed by atoms with Gasteiger partial charge in [0.2, 0.25) is 5.91 Å². The van der Waals surface area contributed by atoms with Gasteiger partial charge in [-0.2, -0.15) is 5.10 Å². The lowest BCUT2D eigenvalue weighted by atomic mass is 9.88. The van der Waals surface area contributed by atoms with Crippen LogP contribution in [0.15, 0.2) is 0 Å². The normalized spacial score (nSPS) is 15.8. The second-order valence-electron chi connectivity index (χ2n) is 5.48. The van der Waals surface area contributed by atoms with Crippen molar-refractivity contribution in [2.45, 2.75) is 46.0 Å². The zero-order valence-electron chi connectivity index (χ0n) is 12.9. The number of carbonyl (C=O) groups is 2. The molecule has 1 fully saturated rings. The molecule has 0 aromatic carbocycles. The van der Waals surface area contributed by atoms with E-state index >= 15 is 0 Å². The van der Waals surface area contributed by atoms with E-state index in [9.17, 15) is 9.59 Å². The molecule has 0 aliphatic heterocycles. The minimum absolute atomic E-state index is 0.0248. The Bertz CT molecular complexity index is 531. The molecule has 1 saturated carbocycles. The van der Waals surface area contributed by atoms with Gasteiger partial charge in [-0.1, -0.05) is 19.3 Å². The van der Waals surface area contributed by atoms with Crippen LogP contribution in [0.4, 0.5) is 5.82 Å². The van der Waals surface area contributed by atoms with Crippen LogP contribution in [-0.2, 0) is 16.6 Å². The van der Waals surface area contributed by atoms with Gasteiger partial charge < -0.3 is 10.1 Å². The molecule has 1 aromatic heterocycles. The average molecular weight is 293 g/mol. The van der Waals surface area contributed by atoms with Gasteiger partial charge in [-0.05, 0) is 26.7 Å². The van der Waals surface area contributed by atoms with Crippen molar-refractivity contribution in [2.24, 2.45) is 13.0 Å². The van der Waals surface area contributed by atoms with Crippen molar-refractivity contribution in [1.29, 1.82) is 0 Å².